The predicted octanol–water partition coefficient (Wildman–Crippen LogP) is 2.68. The summed E-state index contributed by atoms with van der Waals surface area (Å²) < 4.78 is 0. The van der Waals surface area contributed by atoms with E-state index in [2.05, 4.69) is 16.4 Å². The average Bonchev–Trinajstić information content (AvgIpc) is 2.99. The second-order valence-electron chi connectivity index (χ2n) is 6.23. The first kappa shape index (κ1) is 14.6. The minimum Gasteiger partial charge on any atom is -0.361 e. The van der Waals surface area contributed by atoms with Crippen LogP contribution < -0.4 is 5.32 Å². The second kappa shape index (κ2) is 5.83. The summed E-state index contributed by atoms with van der Waals surface area (Å²) in [4.78, 5) is 28.9. The first-order chi connectivity index (χ1) is 10.6. The largest absolute Gasteiger partial charge is 0.361 e. The number of para-hydroxylation sites is 1. The highest BCUT2D eigenvalue weighted by Crippen LogP contribution is 2.20. The molecule has 0 aliphatic carbocycles. The molecule has 1 fully saturated rings. The molecule has 1 aliphatic heterocycles. The number of aromatic amines is 1. The van der Waals surface area contributed by atoms with Crippen molar-refractivity contribution in [2.75, 3.05) is 6.54 Å². The van der Waals surface area contributed by atoms with E-state index in [1.807, 2.05) is 38.2 Å². The number of H-pyrrole nitrogens is 1. The molecule has 2 N–H and O–H groups in total. The van der Waals surface area contributed by atoms with Crippen LogP contribution in [-0.2, 0) is 11.2 Å². The Morgan fingerprint density at radius 1 is 1.23 bits per heavy atom. The Morgan fingerprint density at radius 2 is 2.00 bits per heavy atom. The van der Waals surface area contributed by atoms with Gasteiger partial charge in [-0.3, -0.25) is 9.69 Å². The number of hydrogen-bond donors (Lipinski definition) is 2. The lowest BCUT2D eigenvalue weighted by Gasteiger charge is -2.13. The molecule has 1 saturated heterocycles. The number of amides is 3. The van der Waals surface area contributed by atoms with Crippen molar-refractivity contribution in [2.24, 2.45) is 5.92 Å². The molecule has 1 atom stereocenters. The molecule has 3 rings (SSSR count). The zero-order valence-corrected chi connectivity index (χ0v) is 12.9. The van der Waals surface area contributed by atoms with Gasteiger partial charge in [-0.1, -0.05) is 32.0 Å². The van der Waals surface area contributed by atoms with Crippen molar-refractivity contribution in [2.45, 2.75) is 32.7 Å². The van der Waals surface area contributed by atoms with E-state index >= 15 is 0 Å². The van der Waals surface area contributed by atoms with Crippen LogP contribution in [0, 0.1) is 5.92 Å². The summed E-state index contributed by atoms with van der Waals surface area (Å²) >= 11 is 0. The number of aromatic nitrogens is 1. The third kappa shape index (κ3) is 2.71. The maximum absolute atomic E-state index is 12.3. The summed E-state index contributed by atoms with van der Waals surface area (Å²) in [5.74, 6) is 0.279. The van der Waals surface area contributed by atoms with Crippen LogP contribution in [0.25, 0.3) is 10.9 Å². The van der Waals surface area contributed by atoms with E-state index in [1.165, 1.54) is 4.90 Å². The van der Waals surface area contributed by atoms with Crippen LogP contribution in [0.4, 0.5) is 4.79 Å². The third-order valence-corrected chi connectivity index (χ3v) is 4.09. The maximum atomic E-state index is 12.3. The van der Waals surface area contributed by atoms with E-state index in [9.17, 15) is 9.59 Å². The molecule has 1 aromatic carbocycles. The fourth-order valence-electron chi connectivity index (χ4n) is 2.99. The highest BCUT2D eigenvalue weighted by molar-refractivity contribution is 6.04. The van der Waals surface area contributed by atoms with Gasteiger partial charge in [-0.2, -0.15) is 0 Å². The number of benzene rings is 1. The molecular formula is C17H21N3O2. The minimum atomic E-state index is -0.365. The molecule has 5 nitrogen and oxygen atoms in total. The molecule has 1 aliphatic rings. The fourth-order valence-corrected chi connectivity index (χ4v) is 2.99. The first-order valence-electron chi connectivity index (χ1n) is 7.73. The Labute approximate surface area is 129 Å². The Bertz CT molecular complexity index is 705. The average molecular weight is 299 g/mol. The molecule has 0 unspecified atom stereocenters. The second-order valence-corrected chi connectivity index (χ2v) is 6.23. The first-order valence-corrected chi connectivity index (χ1v) is 7.73. The summed E-state index contributed by atoms with van der Waals surface area (Å²) in [5.41, 5.74) is 2.20. The Morgan fingerprint density at radius 3 is 2.77 bits per heavy atom. The number of nitrogens with one attached hydrogen (secondary N) is 2. The maximum Gasteiger partial charge on any atom is 0.324 e. The summed E-state index contributed by atoms with van der Waals surface area (Å²) in [6.07, 6.45) is 3.31. The van der Waals surface area contributed by atoms with Gasteiger partial charge in [0.05, 0.1) is 0 Å². The summed E-state index contributed by atoms with van der Waals surface area (Å²) in [5, 5.41) is 3.93. The lowest BCUT2D eigenvalue weighted by atomic mass is 10.0. The molecule has 0 saturated carbocycles. The van der Waals surface area contributed by atoms with E-state index < -0.39 is 0 Å². The van der Waals surface area contributed by atoms with Crippen LogP contribution in [-0.4, -0.2) is 34.4 Å². The van der Waals surface area contributed by atoms with Gasteiger partial charge in [0, 0.05) is 23.6 Å². The lowest BCUT2D eigenvalue weighted by Crippen LogP contribution is -2.33. The Kier molecular flexibility index (Phi) is 3.88. The highest BCUT2D eigenvalue weighted by atomic mass is 16.2. The van der Waals surface area contributed by atoms with Gasteiger partial charge < -0.3 is 10.3 Å². The van der Waals surface area contributed by atoms with E-state index in [1.54, 1.807) is 0 Å². The molecule has 0 radical (unpaired) electrons. The zero-order valence-electron chi connectivity index (χ0n) is 12.9. The van der Waals surface area contributed by atoms with Crippen LogP contribution in [0.3, 0.4) is 0 Å². The molecule has 0 spiro atoms. The van der Waals surface area contributed by atoms with Crippen molar-refractivity contribution in [1.82, 2.24) is 15.2 Å². The SMILES string of the molecule is CC(C)C[C@@H]1NC(=O)N(CCc2c[nH]c3ccccc23)C1=O. The normalized spacial score (nSPS) is 18.5. The zero-order chi connectivity index (χ0) is 15.7. The van der Waals surface area contributed by atoms with Gasteiger partial charge >= 0.3 is 6.03 Å². The van der Waals surface area contributed by atoms with Gasteiger partial charge in [0.15, 0.2) is 0 Å². The number of hydrogen-bond acceptors (Lipinski definition) is 2. The monoisotopic (exact) mass is 299 g/mol. The smallest absolute Gasteiger partial charge is 0.324 e. The molecular weight excluding hydrogens is 278 g/mol. The molecule has 2 heterocycles. The number of carbonyl (C=O) groups is 2. The van der Waals surface area contributed by atoms with Gasteiger partial charge in [0.2, 0.25) is 0 Å². The van der Waals surface area contributed by atoms with Crippen molar-refractivity contribution >= 4 is 22.8 Å². The van der Waals surface area contributed by atoms with Crippen LogP contribution in [0.2, 0.25) is 0 Å². The van der Waals surface area contributed by atoms with Gasteiger partial charge in [-0.05, 0) is 30.4 Å². The summed E-state index contributed by atoms with van der Waals surface area (Å²) in [6, 6.07) is 7.41. The Hall–Kier alpha value is -2.30. The molecule has 0 bridgehead atoms. The number of nitrogens with zero attached hydrogens (tertiary/aromatic N) is 1. The van der Waals surface area contributed by atoms with Crippen LogP contribution in [0.15, 0.2) is 30.5 Å². The summed E-state index contributed by atoms with van der Waals surface area (Å²) in [7, 11) is 0. The van der Waals surface area contributed by atoms with Gasteiger partial charge in [0.25, 0.3) is 5.91 Å². The van der Waals surface area contributed by atoms with Crippen LogP contribution in [0.5, 0.6) is 0 Å². The van der Waals surface area contributed by atoms with Gasteiger partial charge in [-0.15, -0.1) is 0 Å². The van der Waals surface area contributed by atoms with Crippen LogP contribution >= 0.6 is 0 Å². The van der Waals surface area contributed by atoms with Crippen molar-refractivity contribution < 1.29 is 9.59 Å². The third-order valence-electron chi connectivity index (χ3n) is 4.09. The number of fused-ring (bicyclic) bond motifs is 1. The summed E-state index contributed by atoms with van der Waals surface area (Å²) in [6.45, 7) is 4.52. The van der Waals surface area contributed by atoms with Crippen LogP contribution in [0.1, 0.15) is 25.8 Å². The van der Waals surface area contributed by atoms with Crippen molar-refractivity contribution in [3.63, 3.8) is 0 Å². The number of imide groups is 1. The highest BCUT2D eigenvalue weighted by Gasteiger charge is 2.37. The van der Waals surface area contributed by atoms with Gasteiger partial charge in [-0.25, -0.2) is 4.79 Å². The van der Waals surface area contributed by atoms with Crippen molar-refractivity contribution in [1.29, 1.82) is 0 Å². The predicted molar refractivity (Wildman–Crippen MR) is 85.5 cm³/mol. The van der Waals surface area contributed by atoms with E-state index in [0.29, 0.717) is 25.3 Å². The number of urea groups is 1. The minimum absolute atomic E-state index is 0.0986. The molecule has 5 heteroatoms. The fraction of sp³-hybridized carbons (Fsp3) is 0.412. The molecule has 1 aromatic heterocycles. The van der Waals surface area contributed by atoms with Gasteiger partial charge in [0.1, 0.15) is 6.04 Å². The van der Waals surface area contributed by atoms with E-state index in [-0.39, 0.29) is 18.0 Å². The molecule has 3 amide bonds. The molecule has 22 heavy (non-hydrogen) atoms. The van der Waals surface area contributed by atoms with E-state index in [0.717, 1.165) is 16.5 Å². The standard InChI is InChI=1S/C17H21N3O2/c1-11(2)9-15-16(21)20(17(22)19-15)8-7-12-10-18-14-6-4-3-5-13(12)14/h3-6,10-11,15,18H,7-9H2,1-2H3,(H,19,22)/t15-/m0/s1. The Balaban J connectivity index is 1.68. The number of rotatable bonds is 5. The lowest BCUT2D eigenvalue weighted by molar-refractivity contribution is -0.127. The topological polar surface area (TPSA) is 65.2 Å². The molecule has 116 valence electrons. The van der Waals surface area contributed by atoms with E-state index in [4.69, 9.17) is 0 Å². The van der Waals surface area contributed by atoms with Crippen molar-refractivity contribution in [3.05, 3.63) is 36.0 Å². The molecule has 2 aromatic rings. The van der Waals surface area contributed by atoms with Crippen molar-refractivity contribution in [3.8, 4) is 0 Å². The number of carbonyl (C=O) groups excluding carboxylic acids is 2. The quantitative estimate of drug-likeness (QED) is 0.834.